The molecular weight excluding hydrogens is 330 g/mol. The Labute approximate surface area is 133 Å². The molecule has 0 fully saturated rings. The highest BCUT2D eigenvalue weighted by molar-refractivity contribution is 9.10. The van der Waals surface area contributed by atoms with Crippen molar-refractivity contribution in [1.29, 1.82) is 5.26 Å². The normalized spacial score (nSPS) is 9.95. The molecule has 0 bridgehead atoms. The van der Waals surface area contributed by atoms with Gasteiger partial charge in [-0.25, -0.2) is 0 Å². The van der Waals surface area contributed by atoms with E-state index in [4.69, 9.17) is 14.7 Å². The van der Waals surface area contributed by atoms with Crippen LogP contribution in [0.15, 0.2) is 46.9 Å². The second-order valence-electron chi connectivity index (χ2n) is 4.60. The van der Waals surface area contributed by atoms with Gasteiger partial charge in [-0.2, -0.15) is 5.26 Å². The number of benzene rings is 2. The highest BCUT2D eigenvalue weighted by Crippen LogP contribution is 2.22. The zero-order valence-corrected chi connectivity index (χ0v) is 13.4. The molecule has 4 heteroatoms. The number of ether oxygens (including phenoxy) is 2. The molecule has 0 radical (unpaired) electrons. The van der Waals surface area contributed by atoms with E-state index in [1.54, 1.807) is 12.1 Å². The van der Waals surface area contributed by atoms with Gasteiger partial charge in [0.15, 0.2) is 0 Å². The molecular formula is C17H16BrNO2. The highest BCUT2D eigenvalue weighted by Gasteiger charge is 2.00. The summed E-state index contributed by atoms with van der Waals surface area (Å²) in [6, 6.07) is 15.2. The molecule has 0 amide bonds. The lowest BCUT2D eigenvalue weighted by atomic mass is 10.2. The van der Waals surface area contributed by atoms with Gasteiger partial charge in [0.05, 0.1) is 24.8 Å². The molecule has 0 aliphatic rings. The summed E-state index contributed by atoms with van der Waals surface area (Å²) in [5, 5.41) is 8.81. The third-order valence-electron chi connectivity index (χ3n) is 2.92. The van der Waals surface area contributed by atoms with E-state index in [2.05, 4.69) is 22.0 Å². The van der Waals surface area contributed by atoms with Crippen LogP contribution in [0.25, 0.3) is 0 Å². The van der Waals surface area contributed by atoms with Crippen LogP contribution in [0.5, 0.6) is 11.5 Å². The summed E-state index contributed by atoms with van der Waals surface area (Å²) in [5.41, 5.74) is 1.71. The maximum absolute atomic E-state index is 8.81. The third-order valence-corrected chi connectivity index (χ3v) is 3.41. The molecule has 0 aromatic heterocycles. The number of halogens is 1. The summed E-state index contributed by atoms with van der Waals surface area (Å²) in [6.07, 6.45) is 0.784. The minimum Gasteiger partial charge on any atom is -0.493 e. The van der Waals surface area contributed by atoms with Crippen molar-refractivity contribution in [2.24, 2.45) is 0 Å². The number of nitrogens with zero attached hydrogens (tertiary/aromatic N) is 1. The Hall–Kier alpha value is -1.99. The molecule has 0 saturated heterocycles. The number of hydrogen-bond donors (Lipinski definition) is 0. The quantitative estimate of drug-likeness (QED) is 0.725. The molecule has 21 heavy (non-hydrogen) atoms. The smallest absolute Gasteiger partial charge is 0.122 e. The van der Waals surface area contributed by atoms with Crippen molar-refractivity contribution in [2.45, 2.75) is 13.3 Å². The molecule has 0 saturated carbocycles. The van der Waals surface area contributed by atoms with Crippen molar-refractivity contribution in [1.82, 2.24) is 0 Å². The van der Waals surface area contributed by atoms with Crippen molar-refractivity contribution in [3.05, 3.63) is 58.1 Å². The van der Waals surface area contributed by atoms with Crippen molar-refractivity contribution >= 4 is 15.9 Å². The highest BCUT2D eigenvalue weighted by atomic mass is 79.9. The molecule has 0 aliphatic heterocycles. The van der Waals surface area contributed by atoms with Crippen molar-refractivity contribution in [3.63, 3.8) is 0 Å². The first kappa shape index (κ1) is 15.4. The number of aryl methyl sites for hydroxylation is 1. The van der Waals surface area contributed by atoms with Crippen LogP contribution in [0.2, 0.25) is 0 Å². The Morgan fingerprint density at radius 1 is 1.10 bits per heavy atom. The average molecular weight is 346 g/mol. The SMILES string of the molecule is Cc1cc(Br)ccc1OCCCOc1cccc(C#N)c1. The van der Waals surface area contributed by atoms with E-state index in [0.717, 1.165) is 22.2 Å². The first-order chi connectivity index (χ1) is 10.2. The van der Waals surface area contributed by atoms with E-state index in [9.17, 15) is 0 Å². The predicted molar refractivity (Wildman–Crippen MR) is 85.6 cm³/mol. The van der Waals surface area contributed by atoms with E-state index < -0.39 is 0 Å². The fourth-order valence-electron chi connectivity index (χ4n) is 1.86. The van der Waals surface area contributed by atoms with Crippen LogP contribution in [0.1, 0.15) is 17.5 Å². The van der Waals surface area contributed by atoms with Gasteiger partial charge in [-0.3, -0.25) is 0 Å². The van der Waals surface area contributed by atoms with Crippen LogP contribution >= 0.6 is 15.9 Å². The van der Waals surface area contributed by atoms with Crippen LogP contribution in [-0.4, -0.2) is 13.2 Å². The van der Waals surface area contributed by atoms with Crippen LogP contribution in [0.4, 0.5) is 0 Å². The number of hydrogen-bond acceptors (Lipinski definition) is 3. The van der Waals surface area contributed by atoms with E-state index >= 15 is 0 Å². The second kappa shape index (κ2) is 7.70. The van der Waals surface area contributed by atoms with Gasteiger partial charge in [0.1, 0.15) is 11.5 Å². The molecule has 2 aromatic carbocycles. The van der Waals surface area contributed by atoms with E-state index in [0.29, 0.717) is 24.5 Å². The Balaban J connectivity index is 1.74. The van der Waals surface area contributed by atoms with Crippen LogP contribution in [0.3, 0.4) is 0 Å². The van der Waals surface area contributed by atoms with E-state index in [1.807, 2.05) is 37.3 Å². The molecule has 0 aliphatic carbocycles. The largest absolute Gasteiger partial charge is 0.493 e. The van der Waals surface area contributed by atoms with E-state index in [1.165, 1.54) is 0 Å². The van der Waals surface area contributed by atoms with E-state index in [-0.39, 0.29) is 0 Å². The summed E-state index contributed by atoms with van der Waals surface area (Å²) in [4.78, 5) is 0. The molecule has 2 rings (SSSR count). The van der Waals surface area contributed by atoms with Gasteiger partial charge in [0, 0.05) is 10.9 Å². The summed E-state index contributed by atoms with van der Waals surface area (Å²) >= 11 is 3.43. The first-order valence-electron chi connectivity index (χ1n) is 6.71. The molecule has 3 nitrogen and oxygen atoms in total. The standard InChI is InChI=1S/C17H16BrNO2/c1-13-10-15(18)6-7-17(13)21-9-3-8-20-16-5-2-4-14(11-16)12-19/h2,4-7,10-11H,3,8-9H2,1H3. The predicted octanol–water partition coefficient (Wildman–Crippen LogP) is 4.48. The fraction of sp³-hybridized carbons (Fsp3) is 0.235. The lowest BCUT2D eigenvalue weighted by Crippen LogP contribution is -2.05. The molecule has 0 heterocycles. The summed E-state index contributed by atoms with van der Waals surface area (Å²) < 4.78 is 12.4. The lowest BCUT2D eigenvalue weighted by molar-refractivity contribution is 0.246. The number of rotatable bonds is 6. The van der Waals surface area contributed by atoms with Crippen molar-refractivity contribution in [2.75, 3.05) is 13.2 Å². The van der Waals surface area contributed by atoms with Crippen LogP contribution < -0.4 is 9.47 Å². The molecule has 108 valence electrons. The molecule has 0 unspecified atom stereocenters. The molecule has 0 N–H and O–H groups in total. The maximum Gasteiger partial charge on any atom is 0.122 e. The Kier molecular flexibility index (Phi) is 5.65. The van der Waals surface area contributed by atoms with Crippen LogP contribution in [-0.2, 0) is 0 Å². The minimum absolute atomic E-state index is 0.560. The second-order valence-corrected chi connectivity index (χ2v) is 5.52. The van der Waals surface area contributed by atoms with Gasteiger partial charge < -0.3 is 9.47 Å². The Morgan fingerprint density at radius 2 is 1.90 bits per heavy atom. The minimum atomic E-state index is 0.560. The van der Waals surface area contributed by atoms with Gasteiger partial charge in [-0.05, 0) is 48.9 Å². The van der Waals surface area contributed by atoms with Crippen molar-refractivity contribution < 1.29 is 9.47 Å². The van der Waals surface area contributed by atoms with Gasteiger partial charge in [0.2, 0.25) is 0 Å². The third kappa shape index (κ3) is 4.80. The topological polar surface area (TPSA) is 42.2 Å². The zero-order valence-electron chi connectivity index (χ0n) is 11.8. The average Bonchev–Trinajstić information content (AvgIpc) is 2.49. The van der Waals surface area contributed by atoms with Gasteiger partial charge in [0.25, 0.3) is 0 Å². The molecule has 0 spiro atoms. The molecule has 2 aromatic rings. The number of nitriles is 1. The summed E-state index contributed by atoms with van der Waals surface area (Å²) in [5.74, 6) is 1.61. The van der Waals surface area contributed by atoms with Gasteiger partial charge in [-0.15, -0.1) is 0 Å². The van der Waals surface area contributed by atoms with Crippen LogP contribution in [0, 0.1) is 18.3 Å². The fourth-order valence-corrected chi connectivity index (χ4v) is 2.34. The van der Waals surface area contributed by atoms with Gasteiger partial charge >= 0.3 is 0 Å². The lowest BCUT2D eigenvalue weighted by Gasteiger charge is -2.10. The Bertz CT molecular complexity index is 649. The van der Waals surface area contributed by atoms with Gasteiger partial charge in [-0.1, -0.05) is 22.0 Å². The monoisotopic (exact) mass is 345 g/mol. The maximum atomic E-state index is 8.81. The summed E-state index contributed by atoms with van der Waals surface area (Å²) in [7, 11) is 0. The molecule has 0 atom stereocenters. The first-order valence-corrected chi connectivity index (χ1v) is 7.50. The Morgan fingerprint density at radius 3 is 2.67 bits per heavy atom. The zero-order chi connectivity index (χ0) is 15.1. The summed E-state index contributed by atoms with van der Waals surface area (Å²) in [6.45, 7) is 3.18. The van der Waals surface area contributed by atoms with Crippen molar-refractivity contribution in [3.8, 4) is 17.6 Å².